The molecule has 0 spiro atoms. The zero-order chi connectivity index (χ0) is 21.1. The molecule has 0 saturated heterocycles. The van der Waals surface area contributed by atoms with Crippen molar-refractivity contribution in [1.29, 1.82) is 0 Å². The van der Waals surface area contributed by atoms with Crippen LogP contribution in [0.3, 0.4) is 0 Å². The van der Waals surface area contributed by atoms with Crippen LogP contribution < -0.4 is 0 Å². The number of nitrogens with zero attached hydrogens (tertiary/aromatic N) is 1. The van der Waals surface area contributed by atoms with E-state index in [0.29, 0.717) is 0 Å². The quantitative estimate of drug-likeness (QED) is 0.284. The molecule has 0 atom stereocenters. The summed E-state index contributed by atoms with van der Waals surface area (Å²) < 4.78 is 8.28. The molecule has 0 aliphatic carbocycles. The molecular weight excluding hydrogens is 390 g/mol. The lowest BCUT2D eigenvalue weighted by Gasteiger charge is -2.10. The largest absolute Gasteiger partial charge is 0.447 e. The molecule has 2 heteroatoms. The van der Waals surface area contributed by atoms with Crippen molar-refractivity contribution in [3.63, 3.8) is 0 Å². The lowest BCUT2D eigenvalue weighted by atomic mass is 10.0. The summed E-state index contributed by atoms with van der Waals surface area (Å²) in [6, 6.07) is 42.3. The third-order valence-corrected chi connectivity index (χ3v) is 6.26. The number of furan rings is 1. The van der Waals surface area contributed by atoms with Gasteiger partial charge in [-0.3, -0.25) is 0 Å². The summed E-state index contributed by atoms with van der Waals surface area (Å²) in [5, 5.41) is 4.71. The molecule has 5 aromatic carbocycles. The summed E-state index contributed by atoms with van der Waals surface area (Å²) in [4.78, 5) is 0. The normalized spacial score (nSPS) is 11.5. The Hall–Kier alpha value is -4.48. The second kappa shape index (κ2) is 6.51. The Morgan fingerprint density at radius 3 is 2.16 bits per heavy atom. The Morgan fingerprint density at radius 2 is 1.34 bits per heavy atom. The van der Waals surface area contributed by atoms with E-state index in [1.54, 1.807) is 0 Å². The highest BCUT2D eigenvalue weighted by atomic mass is 16.3. The Balaban J connectivity index is 1.45. The molecular formula is C30H17NO. The maximum Gasteiger partial charge on any atom is 0.185 e. The van der Waals surface area contributed by atoms with Crippen LogP contribution in [0.4, 0.5) is 0 Å². The van der Waals surface area contributed by atoms with Crippen LogP contribution in [0.5, 0.6) is 0 Å². The van der Waals surface area contributed by atoms with Gasteiger partial charge in [-0.25, -0.2) is 0 Å². The monoisotopic (exact) mass is 407 g/mol. The number of fused-ring (bicyclic) bond motifs is 6. The van der Waals surface area contributed by atoms with Gasteiger partial charge in [0.1, 0.15) is 5.58 Å². The molecule has 0 aliphatic heterocycles. The molecule has 7 aromatic rings. The first-order valence-electron chi connectivity index (χ1n) is 10.7. The molecule has 2 aromatic heterocycles. The molecule has 148 valence electrons. The van der Waals surface area contributed by atoms with Gasteiger partial charge in [-0.15, -0.1) is 0 Å². The third kappa shape index (κ3) is 2.43. The summed E-state index contributed by atoms with van der Waals surface area (Å²) in [5.41, 5.74) is 7.54. The van der Waals surface area contributed by atoms with E-state index in [4.69, 9.17) is 4.42 Å². The van der Waals surface area contributed by atoms with Crippen LogP contribution in [-0.2, 0) is 0 Å². The van der Waals surface area contributed by atoms with Crippen LogP contribution in [0.15, 0.2) is 108 Å². The van der Waals surface area contributed by atoms with E-state index in [-0.39, 0.29) is 0 Å². The number of hydrogen-bond acceptors (Lipinski definition) is 1. The van der Waals surface area contributed by atoms with Crippen molar-refractivity contribution in [3.8, 4) is 16.8 Å². The van der Waals surface area contributed by atoms with Crippen LogP contribution in [0.1, 0.15) is 0 Å². The van der Waals surface area contributed by atoms with E-state index in [1.807, 2.05) is 18.2 Å². The van der Waals surface area contributed by atoms with Gasteiger partial charge in [0.05, 0.1) is 11.0 Å². The number of para-hydroxylation sites is 2. The van der Waals surface area contributed by atoms with Gasteiger partial charge >= 0.3 is 0 Å². The maximum absolute atomic E-state index is 5.93. The summed E-state index contributed by atoms with van der Waals surface area (Å²) in [7, 11) is 0. The van der Waals surface area contributed by atoms with Gasteiger partial charge in [-0.05, 0) is 65.7 Å². The van der Waals surface area contributed by atoms with Crippen molar-refractivity contribution >= 4 is 43.7 Å². The van der Waals surface area contributed by atoms with E-state index < -0.39 is 0 Å². The van der Waals surface area contributed by atoms with Crippen molar-refractivity contribution in [2.45, 2.75) is 0 Å². The van der Waals surface area contributed by atoms with Crippen molar-refractivity contribution in [1.82, 2.24) is 4.57 Å². The lowest BCUT2D eigenvalue weighted by molar-refractivity contribution is 0.669. The molecule has 0 saturated carbocycles. The highest BCUT2D eigenvalue weighted by Gasteiger charge is 2.13. The molecule has 7 rings (SSSR count). The number of aromatic nitrogens is 1. The molecule has 0 unspecified atom stereocenters. The van der Waals surface area contributed by atoms with Gasteiger partial charge in [0.25, 0.3) is 0 Å². The molecule has 0 aliphatic rings. The minimum atomic E-state index is 0.749. The number of rotatable bonds is 2. The first-order valence-corrected chi connectivity index (χ1v) is 10.7. The second-order valence-electron chi connectivity index (χ2n) is 8.08. The van der Waals surface area contributed by atoms with Gasteiger partial charge in [0.15, 0.2) is 5.58 Å². The van der Waals surface area contributed by atoms with Gasteiger partial charge in [-0.2, -0.15) is 0 Å². The molecule has 32 heavy (non-hydrogen) atoms. The number of benzene rings is 4. The average molecular weight is 407 g/mol. The molecule has 2 heterocycles. The highest BCUT2D eigenvalue weighted by molar-refractivity contribution is 6.09. The topological polar surface area (TPSA) is 18.1 Å². The van der Waals surface area contributed by atoms with E-state index in [0.717, 1.165) is 33.2 Å². The van der Waals surface area contributed by atoms with Crippen molar-refractivity contribution < 1.29 is 4.42 Å². The molecule has 0 fully saturated rings. The Morgan fingerprint density at radius 1 is 0.594 bits per heavy atom. The molecule has 0 bridgehead atoms. The predicted molar refractivity (Wildman–Crippen MR) is 131 cm³/mol. The van der Waals surface area contributed by atoms with Crippen molar-refractivity contribution in [2.75, 3.05) is 0 Å². The third-order valence-electron chi connectivity index (χ3n) is 6.26. The first kappa shape index (κ1) is 17.2. The van der Waals surface area contributed by atoms with Crippen LogP contribution >= 0.6 is 0 Å². The summed E-state index contributed by atoms with van der Waals surface area (Å²) >= 11 is 0. The van der Waals surface area contributed by atoms with E-state index in [2.05, 4.69) is 102 Å². The zero-order valence-electron chi connectivity index (χ0n) is 17.2. The van der Waals surface area contributed by atoms with E-state index in [1.165, 1.54) is 27.4 Å². The molecule has 0 radical (unpaired) electrons. The van der Waals surface area contributed by atoms with Crippen LogP contribution in [0.2, 0.25) is 0 Å². The van der Waals surface area contributed by atoms with E-state index in [9.17, 15) is 0 Å². The maximum atomic E-state index is 5.93. The van der Waals surface area contributed by atoms with E-state index >= 15 is 0 Å². The summed E-state index contributed by atoms with van der Waals surface area (Å²) in [6.07, 6.45) is 0. The fraction of sp³-hybridized carbons (Fsp3) is 0. The molecule has 2 nitrogen and oxygen atoms in total. The van der Waals surface area contributed by atoms with Crippen molar-refractivity contribution in [2.24, 2.45) is 0 Å². The molecule has 0 amide bonds. The van der Waals surface area contributed by atoms with Crippen molar-refractivity contribution in [3.05, 3.63) is 115 Å². The van der Waals surface area contributed by atoms with Gasteiger partial charge in [-0.1, -0.05) is 60.7 Å². The fourth-order valence-electron chi connectivity index (χ4n) is 4.81. The Kier molecular flexibility index (Phi) is 3.50. The van der Waals surface area contributed by atoms with Crippen LogP contribution in [0, 0.1) is 12.1 Å². The van der Waals surface area contributed by atoms with Crippen LogP contribution in [0.25, 0.3) is 60.6 Å². The van der Waals surface area contributed by atoms with Crippen LogP contribution in [-0.4, -0.2) is 4.57 Å². The summed E-state index contributed by atoms with van der Waals surface area (Å²) in [6.45, 7) is 0. The zero-order valence-corrected chi connectivity index (χ0v) is 17.2. The van der Waals surface area contributed by atoms with Gasteiger partial charge in [0, 0.05) is 27.2 Å². The minimum absolute atomic E-state index is 0.749. The first-order chi connectivity index (χ1) is 15.9. The standard InChI is InChI=1S/C30H17NO/c1-4-13-27-23(10-1)24-11-2-5-14-28(24)31(27)22-9-7-8-20(18-22)21-16-17-30-26(19-21)25-12-3-6-15-29(25)32-30/h1-5,7-14,16-19H. The predicted octanol–water partition coefficient (Wildman–Crippen LogP) is 7.95. The van der Waals surface area contributed by atoms with Gasteiger partial charge < -0.3 is 8.98 Å². The minimum Gasteiger partial charge on any atom is -0.447 e. The summed E-state index contributed by atoms with van der Waals surface area (Å²) in [5.74, 6) is 0. The Bertz CT molecular complexity index is 1730. The smallest absolute Gasteiger partial charge is 0.185 e. The SMILES string of the molecule is c1ccc2c(c#1)oc1ccc(-c3cccc(-n4c5ccccc5c5ccccc54)c3)cc12. The fourth-order valence-corrected chi connectivity index (χ4v) is 4.81. The lowest BCUT2D eigenvalue weighted by Crippen LogP contribution is -1.94. The average Bonchev–Trinajstić information content (AvgIpc) is 3.39. The number of hydrogen-bond donors (Lipinski definition) is 0. The van der Waals surface area contributed by atoms with Gasteiger partial charge in [0.2, 0.25) is 0 Å². The molecule has 0 N–H and O–H groups in total. The Labute approximate surface area is 184 Å². The highest BCUT2D eigenvalue weighted by Crippen LogP contribution is 2.35. The second-order valence-corrected chi connectivity index (χ2v) is 8.08.